The summed E-state index contributed by atoms with van der Waals surface area (Å²) in [4.78, 5) is 1.06. The zero-order valence-electron chi connectivity index (χ0n) is 10.4. The molecule has 0 radical (unpaired) electrons. The van der Waals surface area contributed by atoms with E-state index in [1.807, 2.05) is 0 Å². The topological polar surface area (TPSA) is 69.6 Å². The number of sulfonamides is 1. The van der Waals surface area contributed by atoms with E-state index in [1.54, 1.807) is 6.07 Å². The lowest BCUT2D eigenvalue weighted by molar-refractivity contribution is 0.152. The summed E-state index contributed by atoms with van der Waals surface area (Å²) in [6, 6.07) is 5.83. The fourth-order valence-electron chi connectivity index (χ4n) is 1.65. The van der Waals surface area contributed by atoms with Crippen LogP contribution in [0.5, 0.6) is 0 Å². The van der Waals surface area contributed by atoms with Crippen LogP contribution >= 0.6 is 0 Å². The summed E-state index contributed by atoms with van der Waals surface area (Å²) in [5.41, 5.74) is 0.145. The highest BCUT2D eigenvalue weighted by Gasteiger charge is 2.21. The average molecular weight is 294 g/mol. The number of nitrogens with one attached hydrogen (secondary N) is 1. The van der Waals surface area contributed by atoms with Gasteiger partial charge in [-0.3, -0.25) is 0 Å². The summed E-state index contributed by atoms with van der Waals surface area (Å²) in [5, 5.41) is 8.91. The molecule has 1 aromatic rings. The van der Waals surface area contributed by atoms with Crippen molar-refractivity contribution in [3.63, 3.8) is 0 Å². The largest absolute Gasteiger partial charge is 0.395 e. The molecule has 19 heavy (non-hydrogen) atoms. The summed E-state index contributed by atoms with van der Waals surface area (Å²) in [5.74, 6) is 0. The zero-order chi connectivity index (χ0) is 14.5. The van der Waals surface area contributed by atoms with Crippen LogP contribution < -0.4 is 9.62 Å². The van der Waals surface area contributed by atoms with Crippen LogP contribution in [0.25, 0.3) is 0 Å². The molecule has 0 aliphatic rings. The Kier molecular flexibility index (Phi) is 5.64. The fraction of sp³-hybridized carbons (Fsp3) is 0.455. The van der Waals surface area contributed by atoms with Crippen LogP contribution in [0.2, 0.25) is 0 Å². The van der Waals surface area contributed by atoms with Gasteiger partial charge in [0.25, 0.3) is 6.43 Å². The van der Waals surface area contributed by atoms with E-state index in [2.05, 4.69) is 4.72 Å². The van der Waals surface area contributed by atoms with Crippen LogP contribution in [0.3, 0.4) is 0 Å². The standard InChI is InChI=1S/C11H16F2N2O3S/c1-14-19(17,18)10-5-3-2-4-9(10)15(6-7-16)8-11(12)13/h2-5,11,14,16H,6-8H2,1H3. The molecular formula is C11H16F2N2O3S. The van der Waals surface area contributed by atoms with Gasteiger partial charge in [-0.25, -0.2) is 21.9 Å². The Labute approximate surface area is 110 Å². The van der Waals surface area contributed by atoms with Gasteiger partial charge in [-0.15, -0.1) is 0 Å². The van der Waals surface area contributed by atoms with E-state index < -0.39 is 23.0 Å². The van der Waals surface area contributed by atoms with Gasteiger partial charge < -0.3 is 10.0 Å². The predicted octanol–water partition coefficient (Wildman–Crippen LogP) is 0.658. The molecule has 0 aliphatic carbocycles. The van der Waals surface area contributed by atoms with Gasteiger partial charge >= 0.3 is 0 Å². The first kappa shape index (κ1) is 15.8. The first-order valence-corrected chi connectivity index (χ1v) is 7.07. The van der Waals surface area contributed by atoms with Crippen molar-refractivity contribution in [2.45, 2.75) is 11.3 Å². The Hall–Kier alpha value is -1.25. The number of alkyl halides is 2. The summed E-state index contributed by atoms with van der Waals surface area (Å²) >= 11 is 0. The second-order valence-electron chi connectivity index (χ2n) is 3.74. The average Bonchev–Trinajstić information content (AvgIpc) is 2.38. The van der Waals surface area contributed by atoms with Crippen LogP contribution in [0.15, 0.2) is 29.2 Å². The van der Waals surface area contributed by atoms with Crippen molar-refractivity contribution < 1.29 is 22.3 Å². The highest BCUT2D eigenvalue weighted by atomic mass is 32.2. The van der Waals surface area contributed by atoms with Crippen molar-refractivity contribution in [1.29, 1.82) is 0 Å². The summed E-state index contributed by atoms with van der Waals surface area (Å²) in [7, 11) is -2.50. The van der Waals surface area contributed by atoms with E-state index in [4.69, 9.17) is 5.11 Å². The number of nitrogens with zero attached hydrogens (tertiary/aromatic N) is 1. The Morgan fingerprint density at radius 3 is 2.53 bits per heavy atom. The summed E-state index contributed by atoms with van der Waals surface area (Å²) in [6.07, 6.45) is -2.63. The number of benzene rings is 1. The lowest BCUT2D eigenvalue weighted by Gasteiger charge is -2.25. The van der Waals surface area contributed by atoms with E-state index in [0.717, 1.165) is 4.90 Å². The normalized spacial score (nSPS) is 11.8. The maximum absolute atomic E-state index is 12.5. The Balaban J connectivity index is 3.23. The molecule has 2 N–H and O–H groups in total. The molecule has 0 fully saturated rings. The third-order valence-corrected chi connectivity index (χ3v) is 3.95. The van der Waals surface area contributed by atoms with Gasteiger partial charge in [0, 0.05) is 6.54 Å². The molecule has 0 unspecified atom stereocenters. The summed E-state index contributed by atoms with van der Waals surface area (Å²) < 4.78 is 50.8. The second kappa shape index (κ2) is 6.78. The van der Waals surface area contributed by atoms with Crippen molar-refractivity contribution in [2.24, 2.45) is 0 Å². The van der Waals surface area contributed by atoms with Crippen molar-refractivity contribution in [3.05, 3.63) is 24.3 Å². The minimum absolute atomic E-state index is 0.0689. The zero-order valence-corrected chi connectivity index (χ0v) is 11.2. The number of hydrogen-bond donors (Lipinski definition) is 2. The highest BCUT2D eigenvalue weighted by Crippen LogP contribution is 2.25. The third-order valence-electron chi connectivity index (χ3n) is 2.49. The molecule has 0 saturated carbocycles. The number of rotatable bonds is 7. The smallest absolute Gasteiger partial charge is 0.255 e. The van der Waals surface area contributed by atoms with Gasteiger partial charge in [0.2, 0.25) is 10.0 Å². The van der Waals surface area contributed by atoms with Crippen LogP contribution in [0, 0.1) is 0 Å². The molecule has 108 valence electrons. The lowest BCUT2D eigenvalue weighted by Crippen LogP contribution is -2.33. The van der Waals surface area contributed by atoms with Gasteiger partial charge in [-0.2, -0.15) is 0 Å². The van der Waals surface area contributed by atoms with Gasteiger partial charge in [0.15, 0.2) is 0 Å². The molecule has 0 amide bonds. The quantitative estimate of drug-likeness (QED) is 0.775. The van der Waals surface area contributed by atoms with Crippen molar-refractivity contribution in [2.75, 3.05) is 31.6 Å². The summed E-state index contributed by atoms with van der Waals surface area (Å²) in [6.45, 7) is -1.06. The molecule has 0 aromatic heterocycles. The van der Waals surface area contributed by atoms with Crippen molar-refractivity contribution >= 4 is 15.7 Å². The Bertz CT molecular complexity index is 508. The monoisotopic (exact) mass is 294 g/mol. The maximum atomic E-state index is 12.5. The van der Waals surface area contributed by atoms with Crippen LogP contribution in [-0.2, 0) is 10.0 Å². The molecule has 1 rings (SSSR count). The first-order valence-electron chi connectivity index (χ1n) is 5.59. The van der Waals surface area contributed by atoms with E-state index in [9.17, 15) is 17.2 Å². The molecule has 0 heterocycles. The van der Waals surface area contributed by atoms with Crippen molar-refractivity contribution in [3.8, 4) is 0 Å². The highest BCUT2D eigenvalue weighted by molar-refractivity contribution is 7.89. The van der Waals surface area contributed by atoms with E-state index in [1.165, 1.54) is 25.2 Å². The third kappa shape index (κ3) is 4.12. The van der Waals surface area contributed by atoms with Crippen LogP contribution in [0.1, 0.15) is 0 Å². The molecular weight excluding hydrogens is 278 g/mol. The van der Waals surface area contributed by atoms with Gasteiger partial charge in [-0.1, -0.05) is 12.1 Å². The van der Waals surface area contributed by atoms with E-state index in [-0.39, 0.29) is 23.7 Å². The number of para-hydroxylation sites is 1. The predicted molar refractivity (Wildman–Crippen MR) is 68.0 cm³/mol. The van der Waals surface area contributed by atoms with Crippen LogP contribution in [0.4, 0.5) is 14.5 Å². The minimum atomic E-state index is -3.75. The molecule has 0 spiro atoms. The van der Waals surface area contributed by atoms with E-state index >= 15 is 0 Å². The SMILES string of the molecule is CNS(=O)(=O)c1ccccc1N(CCO)CC(F)F. The Morgan fingerprint density at radius 1 is 1.37 bits per heavy atom. The molecule has 1 aromatic carbocycles. The number of aliphatic hydroxyl groups excluding tert-OH is 1. The molecule has 0 bridgehead atoms. The number of halogens is 2. The van der Waals surface area contributed by atoms with Gasteiger partial charge in [-0.05, 0) is 19.2 Å². The van der Waals surface area contributed by atoms with E-state index in [0.29, 0.717) is 0 Å². The molecule has 0 atom stereocenters. The van der Waals surface area contributed by atoms with Crippen molar-refractivity contribution in [1.82, 2.24) is 4.72 Å². The molecule has 8 heteroatoms. The molecule has 5 nitrogen and oxygen atoms in total. The lowest BCUT2D eigenvalue weighted by atomic mass is 10.3. The Morgan fingerprint density at radius 2 is 2.00 bits per heavy atom. The fourth-order valence-corrected chi connectivity index (χ4v) is 2.60. The maximum Gasteiger partial charge on any atom is 0.255 e. The molecule has 0 saturated heterocycles. The first-order chi connectivity index (χ1) is 8.92. The molecule has 0 aliphatic heterocycles. The van der Waals surface area contributed by atoms with Gasteiger partial charge in [0.1, 0.15) is 4.90 Å². The number of anilines is 1. The van der Waals surface area contributed by atoms with Gasteiger partial charge in [0.05, 0.1) is 18.8 Å². The number of aliphatic hydroxyl groups is 1. The second-order valence-corrected chi connectivity index (χ2v) is 5.59. The van der Waals surface area contributed by atoms with Crippen LogP contribution in [-0.4, -0.2) is 46.7 Å². The minimum Gasteiger partial charge on any atom is -0.395 e. The number of hydrogen-bond acceptors (Lipinski definition) is 4.